The number of piperidine rings is 1. The molecule has 1 fully saturated rings. The molecule has 1 aromatic heterocycles. The molecule has 3 aromatic rings. The zero-order chi connectivity index (χ0) is 19.2. The summed E-state index contributed by atoms with van der Waals surface area (Å²) in [5.74, 6) is -0.0509. The molecule has 0 spiro atoms. The molecular formula is C21H23FN2O2S. The zero-order valence-electron chi connectivity index (χ0n) is 15.5. The SMILES string of the molecule is Cc1cc(S(=O)(=O)N2CCC(c3c(C)[nH]c4ccccc34)CC2)ccc1F. The van der Waals surface area contributed by atoms with E-state index in [2.05, 4.69) is 24.0 Å². The van der Waals surface area contributed by atoms with Gasteiger partial charge in [-0.1, -0.05) is 18.2 Å². The number of fused-ring (bicyclic) bond motifs is 1. The van der Waals surface area contributed by atoms with Gasteiger partial charge in [-0.3, -0.25) is 0 Å². The number of hydrogen-bond acceptors (Lipinski definition) is 2. The summed E-state index contributed by atoms with van der Waals surface area (Å²) in [5.41, 5.74) is 3.94. The summed E-state index contributed by atoms with van der Waals surface area (Å²) in [6.07, 6.45) is 1.56. The maximum absolute atomic E-state index is 13.5. The second kappa shape index (κ2) is 6.77. The number of aromatic nitrogens is 1. The average molecular weight is 386 g/mol. The maximum Gasteiger partial charge on any atom is 0.243 e. The van der Waals surface area contributed by atoms with Crippen LogP contribution < -0.4 is 0 Å². The van der Waals surface area contributed by atoms with Crippen LogP contribution in [-0.4, -0.2) is 30.8 Å². The summed E-state index contributed by atoms with van der Waals surface area (Å²) in [4.78, 5) is 3.61. The Bertz CT molecular complexity index is 1100. The summed E-state index contributed by atoms with van der Waals surface area (Å²) in [6, 6.07) is 12.2. The highest BCUT2D eigenvalue weighted by Gasteiger charge is 2.31. The molecule has 0 saturated carbocycles. The molecule has 0 aliphatic carbocycles. The van der Waals surface area contributed by atoms with Crippen molar-refractivity contribution in [3.63, 3.8) is 0 Å². The highest BCUT2D eigenvalue weighted by Crippen LogP contribution is 2.36. The molecule has 0 atom stereocenters. The number of nitrogens with zero attached hydrogens (tertiary/aromatic N) is 1. The topological polar surface area (TPSA) is 53.2 Å². The van der Waals surface area contributed by atoms with E-state index in [4.69, 9.17) is 0 Å². The van der Waals surface area contributed by atoms with Gasteiger partial charge in [0.1, 0.15) is 5.82 Å². The number of H-pyrrole nitrogens is 1. The Morgan fingerprint density at radius 2 is 1.78 bits per heavy atom. The van der Waals surface area contributed by atoms with Crippen LogP contribution in [0.3, 0.4) is 0 Å². The van der Waals surface area contributed by atoms with Crippen molar-refractivity contribution in [2.75, 3.05) is 13.1 Å². The maximum atomic E-state index is 13.5. The van der Waals surface area contributed by atoms with Crippen LogP contribution in [-0.2, 0) is 10.0 Å². The van der Waals surface area contributed by atoms with E-state index in [0.29, 0.717) is 24.6 Å². The van der Waals surface area contributed by atoms with Gasteiger partial charge in [-0.2, -0.15) is 4.31 Å². The normalized spacial score (nSPS) is 16.9. The number of aromatic amines is 1. The summed E-state index contributed by atoms with van der Waals surface area (Å²) < 4.78 is 40.9. The van der Waals surface area contributed by atoms with Crippen molar-refractivity contribution in [2.24, 2.45) is 0 Å². The Labute approximate surface area is 159 Å². The van der Waals surface area contributed by atoms with E-state index in [0.717, 1.165) is 24.1 Å². The molecule has 0 bridgehead atoms. The number of sulfonamides is 1. The van der Waals surface area contributed by atoms with Gasteiger partial charge in [-0.05, 0) is 68.0 Å². The zero-order valence-corrected chi connectivity index (χ0v) is 16.3. The summed E-state index contributed by atoms with van der Waals surface area (Å²) >= 11 is 0. The molecule has 1 N–H and O–H groups in total. The third-order valence-corrected chi connectivity index (χ3v) is 7.47. The van der Waals surface area contributed by atoms with Gasteiger partial charge in [0.25, 0.3) is 0 Å². The summed E-state index contributed by atoms with van der Waals surface area (Å²) in [7, 11) is -3.59. The van der Waals surface area contributed by atoms with Gasteiger partial charge in [0.05, 0.1) is 4.90 Å². The van der Waals surface area contributed by atoms with Crippen molar-refractivity contribution in [2.45, 2.75) is 37.5 Å². The molecule has 0 unspecified atom stereocenters. The Kier molecular flexibility index (Phi) is 4.56. The third-order valence-electron chi connectivity index (χ3n) is 5.57. The molecule has 142 valence electrons. The van der Waals surface area contributed by atoms with Crippen LogP contribution in [0.5, 0.6) is 0 Å². The van der Waals surface area contributed by atoms with Gasteiger partial charge in [0, 0.05) is 29.7 Å². The highest BCUT2D eigenvalue weighted by atomic mass is 32.2. The largest absolute Gasteiger partial charge is 0.358 e. The second-order valence-electron chi connectivity index (χ2n) is 7.30. The number of para-hydroxylation sites is 1. The highest BCUT2D eigenvalue weighted by molar-refractivity contribution is 7.89. The van der Waals surface area contributed by atoms with Gasteiger partial charge in [-0.25, -0.2) is 12.8 Å². The number of halogens is 1. The fourth-order valence-corrected chi connectivity index (χ4v) is 5.69. The lowest BCUT2D eigenvalue weighted by Crippen LogP contribution is -2.38. The first kappa shape index (κ1) is 18.2. The standard InChI is InChI=1S/C21H23FN2O2S/c1-14-13-17(7-8-19(14)22)27(25,26)24-11-9-16(10-12-24)21-15(2)23-20-6-4-3-5-18(20)21/h3-8,13,16,23H,9-12H2,1-2H3. The van der Waals surface area contributed by atoms with Gasteiger partial charge in [0.2, 0.25) is 10.0 Å². The molecule has 1 saturated heterocycles. The number of hydrogen-bond donors (Lipinski definition) is 1. The van der Waals surface area contributed by atoms with E-state index in [1.807, 2.05) is 12.1 Å². The first-order valence-corrected chi connectivity index (χ1v) is 10.7. The predicted octanol–water partition coefficient (Wildman–Crippen LogP) is 4.49. The lowest BCUT2D eigenvalue weighted by molar-refractivity contribution is 0.320. The van der Waals surface area contributed by atoms with Gasteiger partial charge in [0.15, 0.2) is 0 Å². The lowest BCUT2D eigenvalue weighted by Gasteiger charge is -2.31. The molecular weight excluding hydrogens is 363 g/mol. The third kappa shape index (κ3) is 3.17. The Morgan fingerprint density at radius 1 is 1.07 bits per heavy atom. The first-order valence-electron chi connectivity index (χ1n) is 9.21. The van der Waals surface area contributed by atoms with Crippen molar-refractivity contribution >= 4 is 20.9 Å². The smallest absolute Gasteiger partial charge is 0.243 e. The van der Waals surface area contributed by atoms with Crippen LogP contribution in [0.1, 0.15) is 35.6 Å². The van der Waals surface area contributed by atoms with E-state index in [1.54, 1.807) is 6.92 Å². The number of rotatable bonds is 3. The van der Waals surface area contributed by atoms with Crippen LogP contribution in [0.4, 0.5) is 4.39 Å². The van der Waals surface area contributed by atoms with Crippen LogP contribution in [0.25, 0.3) is 10.9 Å². The minimum absolute atomic E-state index is 0.170. The molecule has 2 aromatic carbocycles. The Hall–Kier alpha value is -2.18. The van der Waals surface area contributed by atoms with Crippen LogP contribution in [0, 0.1) is 19.7 Å². The molecule has 2 heterocycles. The van der Waals surface area contributed by atoms with Crippen molar-refractivity contribution in [1.82, 2.24) is 9.29 Å². The Morgan fingerprint density at radius 3 is 2.48 bits per heavy atom. The average Bonchev–Trinajstić information content (AvgIpc) is 2.99. The molecule has 0 radical (unpaired) electrons. The van der Waals surface area contributed by atoms with Crippen LogP contribution >= 0.6 is 0 Å². The molecule has 6 heteroatoms. The first-order chi connectivity index (χ1) is 12.9. The molecule has 4 nitrogen and oxygen atoms in total. The fourth-order valence-electron chi connectivity index (χ4n) is 4.14. The quantitative estimate of drug-likeness (QED) is 0.721. The van der Waals surface area contributed by atoms with Crippen molar-refractivity contribution < 1.29 is 12.8 Å². The van der Waals surface area contributed by atoms with E-state index in [-0.39, 0.29) is 10.7 Å². The summed E-state index contributed by atoms with van der Waals surface area (Å²) in [6.45, 7) is 4.62. The molecule has 27 heavy (non-hydrogen) atoms. The lowest BCUT2D eigenvalue weighted by atomic mass is 9.88. The van der Waals surface area contributed by atoms with Crippen LogP contribution in [0.15, 0.2) is 47.4 Å². The Balaban J connectivity index is 1.56. The van der Waals surface area contributed by atoms with Gasteiger partial charge >= 0.3 is 0 Å². The summed E-state index contributed by atoms with van der Waals surface area (Å²) in [5, 5.41) is 1.23. The van der Waals surface area contributed by atoms with Crippen molar-refractivity contribution in [3.8, 4) is 0 Å². The van der Waals surface area contributed by atoms with E-state index < -0.39 is 10.0 Å². The van der Waals surface area contributed by atoms with E-state index in [1.165, 1.54) is 33.5 Å². The predicted molar refractivity (Wildman–Crippen MR) is 105 cm³/mol. The van der Waals surface area contributed by atoms with E-state index in [9.17, 15) is 12.8 Å². The van der Waals surface area contributed by atoms with Gasteiger partial charge < -0.3 is 4.98 Å². The molecule has 4 rings (SSSR count). The van der Waals surface area contributed by atoms with Crippen molar-refractivity contribution in [3.05, 3.63) is 65.1 Å². The second-order valence-corrected chi connectivity index (χ2v) is 9.24. The molecule has 0 amide bonds. The van der Waals surface area contributed by atoms with Crippen molar-refractivity contribution in [1.29, 1.82) is 0 Å². The van der Waals surface area contributed by atoms with Crippen LogP contribution in [0.2, 0.25) is 0 Å². The monoisotopic (exact) mass is 386 g/mol. The van der Waals surface area contributed by atoms with Gasteiger partial charge in [-0.15, -0.1) is 0 Å². The number of benzene rings is 2. The minimum Gasteiger partial charge on any atom is -0.358 e. The molecule has 1 aliphatic rings. The molecule has 1 aliphatic heterocycles. The minimum atomic E-state index is -3.59. The fraction of sp³-hybridized carbons (Fsp3) is 0.333. The van der Waals surface area contributed by atoms with E-state index >= 15 is 0 Å². The number of nitrogens with one attached hydrogen (secondary N) is 1. The number of aryl methyl sites for hydroxylation is 2.